The Morgan fingerprint density at radius 1 is 1.19 bits per heavy atom. The van der Waals surface area contributed by atoms with Crippen LogP contribution < -0.4 is 5.32 Å². The first kappa shape index (κ1) is 16.9. The van der Waals surface area contributed by atoms with Gasteiger partial charge >= 0.3 is 0 Å². The number of likely N-dealkylation sites (N-methyl/N-ethyl adjacent to an activating group) is 1. The van der Waals surface area contributed by atoms with Crippen LogP contribution in [0, 0.1) is 5.82 Å². The third-order valence-electron chi connectivity index (χ3n) is 3.23. The molecule has 1 N–H and O–H groups in total. The van der Waals surface area contributed by atoms with E-state index in [1.54, 1.807) is 6.07 Å². The third kappa shape index (κ3) is 4.52. The normalized spacial score (nSPS) is 12.4. The Balaban J connectivity index is 2.30. The van der Waals surface area contributed by atoms with Gasteiger partial charge in [-0.05, 0) is 48.4 Å². The van der Waals surface area contributed by atoms with Crippen molar-refractivity contribution in [3.8, 4) is 0 Å². The van der Waals surface area contributed by atoms with Gasteiger partial charge in [-0.25, -0.2) is 4.39 Å². The monoisotopic (exact) mass is 433 g/mol. The predicted molar refractivity (Wildman–Crippen MR) is 93.4 cm³/mol. The van der Waals surface area contributed by atoms with Gasteiger partial charge in [-0.3, -0.25) is 0 Å². The van der Waals surface area contributed by atoms with E-state index in [-0.39, 0.29) is 11.9 Å². The predicted octanol–water partition coefficient (Wildman–Crippen LogP) is 5.90. The Kier molecular flexibility index (Phi) is 6.23. The lowest BCUT2D eigenvalue weighted by molar-refractivity contribution is 0.545. The van der Waals surface area contributed by atoms with Crippen molar-refractivity contribution in [2.24, 2.45) is 0 Å². The molecule has 21 heavy (non-hydrogen) atoms. The van der Waals surface area contributed by atoms with Crippen molar-refractivity contribution in [2.45, 2.75) is 19.4 Å². The first-order valence-electron chi connectivity index (χ1n) is 6.63. The minimum absolute atomic E-state index is 0.0728. The van der Waals surface area contributed by atoms with E-state index in [1.807, 2.05) is 25.1 Å². The maximum Gasteiger partial charge on any atom is 0.124 e. The summed E-state index contributed by atoms with van der Waals surface area (Å²) in [6.07, 6.45) is 0.740. The highest BCUT2D eigenvalue weighted by atomic mass is 79.9. The zero-order valence-corrected chi connectivity index (χ0v) is 15.4. The lowest BCUT2D eigenvalue weighted by Crippen LogP contribution is -2.23. The van der Waals surface area contributed by atoms with Crippen LogP contribution in [0.3, 0.4) is 0 Å². The number of hydrogen-bond acceptors (Lipinski definition) is 1. The highest BCUT2D eigenvalue weighted by molar-refractivity contribution is 9.10. The van der Waals surface area contributed by atoms with Crippen molar-refractivity contribution in [3.63, 3.8) is 0 Å². The smallest absolute Gasteiger partial charge is 0.124 e. The van der Waals surface area contributed by atoms with E-state index in [0.29, 0.717) is 0 Å². The molecule has 112 valence electrons. The lowest BCUT2D eigenvalue weighted by atomic mass is 9.98. The van der Waals surface area contributed by atoms with Gasteiger partial charge in [-0.2, -0.15) is 0 Å². The number of rotatable bonds is 5. The highest BCUT2D eigenvalue weighted by Crippen LogP contribution is 2.30. The van der Waals surface area contributed by atoms with Gasteiger partial charge in [0.25, 0.3) is 0 Å². The summed E-state index contributed by atoms with van der Waals surface area (Å²) in [6, 6.07) is 10.7. The summed E-state index contributed by atoms with van der Waals surface area (Å²) in [5.41, 5.74) is 2.08. The first-order valence-corrected chi connectivity index (χ1v) is 8.60. The van der Waals surface area contributed by atoms with Gasteiger partial charge in [-0.1, -0.05) is 62.5 Å². The molecule has 0 aromatic heterocycles. The van der Waals surface area contributed by atoms with Crippen molar-refractivity contribution in [1.82, 2.24) is 5.32 Å². The van der Waals surface area contributed by atoms with E-state index in [2.05, 4.69) is 37.2 Å². The summed E-state index contributed by atoms with van der Waals surface area (Å²) in [7, 11) is 0. The molecular formula is C16H15Br2ClFN. The molecule has 0 aliphatic heterocycles. The Bertz CT molecular complexity index is 634. The van der Waals surface area contributed by atoms with Gasteiger partial charge in [0.2, 0.25) is 0 Å². The molecular weight excluding hydrogens is 420 g/mol. The number of benzene rings is 2. The molecule has 0 spiro atoms. The maximum atomic E-state index is 13.3. The van der Waals surface area contributed by atoms with Gasteiger partial charge in [0.1, 0.15) is 5.82 Å². The molecule has 0 fully saturated rings. The van der Waals surface area contributed by atoms with Crippen molar-refractivity contribution in [1.29, 1.82) is 0 Å². The summed E-state index contributed by atoms with van der Waals surface area (Å²) in [4.78, 5) is 0. The third-order valence-corrected chi connectivity index (χ3v) is 4.76. The van der Waals surface area contributed by atoms with Crippen LogP contribution >= 0.6 is 43.5 Å². The molecule has 0 aliphatic rings. The van der Waals surface area contributed by atoms with Gasteiger partial charge < -0.3 is 5.32 Å². The number of halogens is 4. The fourth-order valence-corrected chi connectivity index (χ4v) is 3.61. The average Bonchev–Trinajstić information content (AvgIpc) is 2.41. The van der Waals surface area contributed by atoms with Gasteiger partial charge in [0, 0.05) is 20.0 Å². The summed E-state index contributed by atoms with van der Waals surface area (Å²) < 4.78 is 15.0. The fourth-order valence-electron chi connectivity index (χ4n) is 2.23. The largest absolute Gasteiger partial charge is 0.310 e. The second-order valence-corrected chi connectivity index (χ2v) is 6.89. The van der Waals surface area contributed by atoms with Crippen molar-refractivity contribution < 1.29 is 4.39 Å². The molecule has 0 amide bonds. The molecule has 0 radical (unpaired) electrons. The van der Waals surface area contributed by atoms with Crippen LogP contribution in [0.5, 0.6) is 0 Å². The Hall–Kier alpha value is -0.420. The standard InChI is InChI=1S/C16H15Br2ClFN/c1-2-21-16(13-6-5-12(20)9-14(13)18)7-10-3-4-11(17)8-15(10)19/h3-6,8-9,16,21H,2,7H2,1H3. The van der Waals surface area contributed by atoms with E-state index in [1.165, 1.54) is 12.1 Å². The molecule has 1 unspecified atom stereocenters. The molecule has 0 saturated carbocycles. The molecule has 5 heteroatoms. The van der Waals surface area contributed by atoms with Crippen molar-refractivity contribution in [3.05, 3.63) is 67.3 Å². The van der Waals surface area contributed by atoms with Crippen LogP contribution in [0.25, 0.3) is 0 Å². The molecule has 2 rings (SSSR count). The van der Waals surface area contributed by atoms with Gasteiger partial charge in [0.05, 0.1) is 0 Å². The number of hydrogen-bond donors (Lipinski definition) is 1. The topological polar surface area (TPSA) is 12.0 Å². The average molecular weight is 436 g/mol. The first-order chi connectivity index (χ1) is 10.0. The molecule has 1 nitrogen and oxygen atoms in total. The highest BCUT2D eigenvalue weighted by Gasteiger charge is 2.16. The zero-order chi connectivity index (χ0) is 15.4. The van der Waals surface area contributed by atoms with Crippen molar-refractivity contribution >= 4 is 43.5 Å². The summed E-state index contributed by atoms with van der Waals surface area (Å²) in [5.74, 6) is -0.248. The van der Waals surface area contributed by atoms with E-state index >= 15 is 0 Å². The second-order valence-electron chi connectivity index (χ2n) is 4.72. The quantitative estimate of drug-likeness (QED) is 0.617. The molecule has 1 atom stereocenters. The van der Waals surface area contributed by atoms with Crippen LogP contribution in [0.1, 0.15) is 24.1 Å². The van der Waals surface area contributed by atoms with E-state index in [9.17, 15) is 4.39 Å². The molecule has 0 aliphatic carbocycles. The Labute approximate surface area is 146 Å². The SMILES string of the molecule is CCNC(Cc1ccc(Br)cc1Cl)c1ccc(F)cc1Br. The van der Waals surface area contributed by atoms with Crippen LogP contribution in [-0.2, 0) is 6.42 Å². The van der Waals surface area contributed by atoms with Crippen LogP contribution in [0.4, 0.5) is 4.39 Å². The van der Waals surface area contributed by atoms with Gasteiger partial charge in [-0.15, -0.1) is 0 Å². The minimum Gasteiger partial charge on any atom is -0.310 e. The molecule has 0 heterocycles. The Morgan fingerprint density at radius 2 is 1.95 bits per heavy atom. The maximum absolute atomic E-state index is 13.3. The summed E-state index contributed by atoms with van der Waals surface area (Å²) >= 11 is 13.1. The fraction of sp³-hybridized carbons (Fsp3) is 0.250. The minimum atomic E-state index is -0.248. The van der Waals surface area contributed by atoms with Crippen LogP contribution in [0.2, 0.25) is 5.02 Å². The van der Waals surface area contributed by atoms with Crippen LogP contribution in [0.15, 0.2) is 45.3 Å². The van der Waals surface area contributed by atoms with Crippen molar-refractivity contribution in [2.75, 3.05) is 6.54 Å². The van der Waals surface area contributed by atoms with Crippen LogP contribution in [-0.4, -0.2) is 6.54 Å². The molecule has 0 bridgehead atoms. The Morgan fingerprint density at radius 3 is 2.57 bits per heavy atom. The molecule has 2 aromatic carbocycles. The van der Waals surface area contributed by atoms with Gasteiger partial charge in [0.15, 0.2) is 0 Å². The van der Waals surface area contributed by atoms with E-state index in [0.717, 1.165) is 38.1 Å². The number of nitrogens with one attached hydrogen (secondary N) is 1. The summed E-state index contributed by atoms with van der Waals surface area (Å²) in [6.45, 7) is 2.87. The molecule has 0 saturated heterocycles. The molecule has 2 aromatic rings. The summed E-state index contributed by atoms with van der Waals surface area (Å²) in [5, 5.41) is 4.15. The lowest BCUT2D eigenvalue weighted by Gasteiger charge is -2.20. The van der Waals surface area contributed by atoms with E-state index < -0.39 is 0 Å². The second kappa shape index (κ2) is 7.73. The van der Waals surface area contributed by atoms with E-state index in [4.69, 9.17) is 11.6 Å². The zero-order valence-electron chi connectivity index (χ0n) is 11.5.